The van der Waals surface area contributed by atoms with E-state index in [2.05, 4.69) is 51.7 Å². The van der Waals surface area contributed by atoms with Crippen molar-refractivity contribution in [3.8, 4) is 0 Å². The Bertz CT molecular complexity index is 720. The van der Waals surface area contributed by atoms with Crippen LogP contribution in [0.5, 0.6) is 0 Å². The molecule has 4 aliphatic carbocycles. The lowest BCUT2D eigenvalue weighted by atomic mass is 9.47. The fourth-order valence-corrected chi connectivity index (χ4v) is 8.72. The molecule has 1 amide bonds. The number of allylic oxidation sites excluding steroid dienone is 1. The van der Waals surface area contributed by atoms with Gasteiger partial charge in [-0.2, -0.15) is 12.6 Å². The third-order valence-electron chi connectivity index (χ3n) is 10.5. The van der Waals surface area contributed by atoms with Gasteiger partial charge >= 0.3 is 6.09 Å². The van der Waals surface area contributed by atoms with Crippen LogP contribution in [0.3, 0.4) is 0 Å². The fraction of sp³-hybridized carbons (Fsp3) is 0.897. The molecule has 33 heavy (non-hydrogen) atoms. The molecule has 0 aromatic heterocycles. The molecule has 4 aliphatic rings. The molecule has 0 spiro atoms. The molecule has 1 N–H and O–H groups in total. The predicted molar refractivity (Wildman–Crippen MR) is 141 cm³/mol. The Morgan fingerprint density at radius 3 is 2.73 bits per heavy atom. The number of ether oxygens (including phenoxy) is 1. The lowest BCUT2D eigenvalue weighted by Gasteiger charge is -2.58. The predicted octanol–water partition coefficient (Wildman–Crippen LogP) is 7.81. The molecule has 0 aliphatic heterocycles. The number of unbranched alkanes of at least 4 members (excludes halogenated alkanes) is 1. The van der Waals surface area contributed by atoms with Crippen LogP contribution < -0.4 is 5.32 Å². The van der Waals surface area contributed by atoms with E-state index in [9.17, 15) is 4.79 Å². The van der Waals surface area contributed by atoms with Gasteiger partial charge in [0, 0.05) is 18.7 Å². The quantitative estimate of drug-likeness (QED) is 0.213. The van der Waals surface area contributed by atoms with Crippen molar-refractivity contribution in [3.63, 3.8) is 0 Å². The number of hydrogen-bond donors (Lipinski definition) is 2. The summed E-state index contributed by atoms with van der Waals surface area (Å²) in [6.07, 6.45) is 18.2. The molecule has 0 aromatic carbocycles. The van der Waals surface area contributed by atoms with E-state index >= 15 is 0 Å². The summed E-state index contributed by atoms with van der Waals surface area (Å²) in [7, 11) is 0. The average Bonchev–Trinajstić information content (AvgIpc) is 3.11. The molecule has 7 atom stereocenters. The van der Waals surface area contributed by atoms with E-state index in [0.717, 1.165) is 42.4 Å². The molecule has 0 aromatic rings. The summed E-state index contributed by atoms with van der Waals surface area (Å²) in [6, 6.07) is 0. The van der Waals surface area contributed by atoms with Crippen molar-refractivity contribution in [3.05, 3.63) is 11.6 Å². The molecular formula is C29H49NO2S. The molecule has 0 heterocycles. The minimum atomic E-state index is -0.272. The molecule has 4 heteroatoms. The molecule has 0 saturated heterocycles. The Morgan fingerprint density at radius 2 is 1.97 bits per heavy atom. The SMILES string of the molecule is CC(C)CCCCC1CCC2C3CC=C4CC(OC(=O)NCCS)CC[C@]4(C)C3CC[C@]12C. The highest BCUT2D eigenvalue weighted by molar-refractivity contribution is 7.80. The van der Waals surface area contributed by atoms with Crippen LogP contribution in [0, 0.1) is 40.4 Å². The smallest absolute Gasteiger partial charge is 0.407 e. The van der Waals surface area contributed by atoms with Gasteiger partial charge in [-0.05, 0) is 91.8 Å². The monoisotopic (exact) mass is 475 g/mol. The highest BCUT2D eigenvalue weighted by Gasteiger charge is 2.58. The summed E-state index contributed by atoms with van der Waals surface area (Å²) in [4.78, 5) is 12.1. The molecule has 0 radical (unpaired) electrons. The lowest BCUT2D eigenvalue weighted by molar-refractivity contribution is -0.0519. The van der Waals surface area contributed by atoms with Gasteiger partial charge < -0.3 is 10.1 Å². The van der Waals surface area contributed by atoms with Crippen molar-refractivity contribution >= 4 is 18.7 Å². The number of fused-ring (bicyclic) bond motifs is 5. The van der Waals surface area contributed by atoms with Gasteiger partial charge in [0.25, 0.3) is 0 Å². The van der Waals surface area contributed by atoms with E-state index in [1.54, 1.807) is 5.57 Å². The Labute approximate surface area is 208 Å². The first kappa shape index (κ1) is 25.5. The van der Waals surface area contributed by atoms with E-state index in [4.69, 9.17) is 4.74 Å². The van der Waals surface area contributed by atoms with E-state index in [0.29, 0.717) is 23.1 Å². The minimum Gasteiger partial charge on any atom is -0.446 e. The van der Waals surface area contributed by atoms with Gasteiger partial charge in [0.05, 0.1) is 0 Å². The number of amides is 1. The molecule has 3 nitrogen and oxygen atoms in total. The van der Waals surface area contributed by atoms with E-state index in [-0.39, 0.29) is 12.2 Å². The second-order valence-corrected chi connectivity index (χ2v) is 13.1. The molecule has 188 valence electrons. The molecular weight excluding hydrogens is 426 g/mol. The number of carbonyl (C=O) groups is 1. The van der Waals surface area contributed by atoms with Crippen LogP contribution in [0.15, 0.2) is 11.6 Å². The normalized spacial score (nSPS) is 39.9. The number of hydrogen-bond acceptors (Lipinski definition) is 3. The number of nitrogens with one attached hydrogen (secondary N) is 1. The van der Waals surface area contributed by atoms with Crippen molar-refractivity contribution in [1.82, 2.24) is 5.32 Å². The van der Waals surface area contributed by atoms with Gasteiger partial charge in [-0.15, -0.1) is 0 Å². The topological polar surface area (TPSA) is 38.3 Å². The minimum absolute atomic E-state index is 0.0383. The summed E-state index contributed by atoms with van der Waals surface area (Å²) in [6.45, 7) is 10.5. The molecule has 0 bridgehead atoms. The van der Waals surface area contributed by atoms with Gasteiger partial charge in [-0.1, -0.05) is 58.6 Å². The van der Waals surface area contributed by atoms with Crippen molar-refractivity contribution in [2.75, 3.05) is 12.3 Å². The van der Waals surface area contributed by atoms with Crippen LogP contribution in [-0.4, -0.2) is 24.5 Å². The highest BCUT2D eigenvalue weighted by atomic mass is 32.1. The maximum atomic E-state index is 12.1. The summed E-state index contributed by atoms with van der Waals surface area (Å²) in [5, 5.41) is 2.81. The van der Waals surface area contributed by atoms with Crippen molar-refractivity contribution in [2.24, 2.45) is 40.4 Å². The average molecular weight is 476 g/mol. The Morgan fingerprint density at radius 1 is 1.15 bits per heavy atom. The lowest BCUT2D eigenvalue weighted by Crippen LogP contribution is -2.50. The third-order valence-corrected chi connectivity index (χ3v) is 10.7. The van der Waals surface area contributed by atoms with Gasteiger partial charge in [-0.3, -0.25) is 0 Å². The standard InChI is InChI=1S/C29H49NO2S/c1-20(2)7-5-6-8-21-10-12-25-24-11-9-22-19-23(32-27(31)30-17-18-33)13-15-29(22,4)26(24)14-16-28(21,25)3/h9,20-21,23-26,33H,5-8,10-19H2,1-4H3,(H,30,31)/t21?,23?,24?,25?,26?,28-,29+/m1/s1. The van der Waals surface area contributed by atoms with Crippen LogP contribution in [0.4, 0.5) is 4.79 Å². The number of alkyl carbamates (subject to hydrolysis) is 1. The van der Waals surface area contributed by atoms with Gasteiger partial charge in [0.1, 0.15) is 6.10 Å². The van der Waals surface area contributed by atoms with Crippen molar-refractivity contribution < 1.29 is 9.53 Å². The van der Waals surface area contributed by atoms with Crippen LogP contribution in [0.25, 0.3) is 0 Å². The maximum absolute atomic E-state index is 12.1. The first-order valence-corrected chi connectivity index (χ1v) is 14.7. The maximum Gasteiger partial charge on any atom is 0.407 e. The molecule has 4 rings (SSSR count). The first-order valence-electron chi connectivity index (χ1n) is 14.0. The zero-order valence-corrected chi connectivity index (χ0v) is 22.6. The van der Waals surface area contributed by atoms with Gasteiger partial charge in [-0.25, -0.2) is 4.79 Å². The summed E-state index contributed by atoms with van der Waals surface area (Å²) < 4.78 is 5.76. The molecule has 5 unspecified atom stereocenters. The zero-order valence-electron chi connectivity index (χ0n) is 21.7. The largest absolute Gasteiger partial charge is 0.446 e. The zero-order chi connectivity index (χ0) is 23.6. The fourth-order valence-electron chi connectivity index (χ4n) is 8.61. The summed E-state index contributed by atoms with van der Waals surface area (Å²) >= 11 is 4.16. The van der Waals surface area contributed by atoms with E-state index < -0.39 is 0 Å². The Balaban J connectivity index is 1.39. The van der Waals surface area contributed by atoms with E-state index in [1.807, 2.05) is 0 Å². The molecule has 3 saturated carbocycles. The van der Waals surface area contributed by atoms with Crippen molar-refractivity contribution in [2.45, 2.75) is 111 Å². The van der Waals surface area contributed by atoms with Crippen LogP contribution in [0.2, 0.25) is 0 Å². The Hall–Kier alpha value is -0.640. The number of carbonyl (C=O) groups excluding carboxylic acids is 1. The van der Waals surface area contributed by atoms with Crippen LogP contribution in [-0.2, 0) is 4.74 Å². The first-order chi connectivity index (χ1) is 15.8. The summed E-state index contributed by atoms with van der Waals surface area (Å²) in [5.41, 5.74) is 2.49. The van der Waals surface area contributed by atoms with E-state index in [1.165, 1.54) is 64.2 Å². The van der Waals surface area contributed by atoms with Gasteiger partial charge in [0.2, 0.25) is 0 Å². The van der Waals surface area contributed by atoms with Crippen molar-refractivity contribution in [1.29, 1.82) is 0 Å². The molecule has 3 fully saturated rings. The van der Waals surface area contributed by atoms with Crippen LogP contribution in [0.1, 0.15) is 105 Å². The summed E-state index contributed by atoms with van der Waals surface area (Å²) in [5.74, 6) is 5.06. The van der Waals surface area contributed by atoms with Gasteiger partial charge in [0.15, 0.2) is 0 Å². The highest BCUT2D eigenvalue weighted by Crippen LogP contribution is 2.66. The van der Waals surface area contributed by atoms with Crippen LogP contribution >= 0.6 is 12.6 Å². The number of thiol groups is 1. The second-order valence-electron chi connectivity index (χ2n) is 12.7. The number of rotatable bonds is 8. The second kappa shape index (κ2) is 10.5. The Kier molecular flexibility index (Phi) is 8.13. The third kappa shape index (κ3) is 5.16.